The molecule has 1 radical (unpaired) electrons. The molecule has 0 aromatic rings. The summed E-state index contributed by atoms with van der Waals surface area (Å²) in [6, 6.07) is 0. The van der Waals surface area contributed by atoms with E-state index in [0.29, 0.717) is 13.2 Å². The predicted octanol–water partition coefficient (Wildman–Crippen LogP) is 0.0698. The van der Waals surface area contributed by atoms with E-state index in [1.807, 2.05) is 6.92 Å². The molecule has 0 rings (SSSR count). The highest BCUT2D eigenvalue weighted by Crippen LogP contribution is 1.77. The summed E-state index contributed by atoms with van der Waals surface area (Å²) in [6.07, 6.45) is 2.45. The topological polar surface area (TPSA) is 38.3 Å². The van der Waals surface area contributed by atoms with Crippen molar-refractivity contribution in [2.75, 3.05) is 19.8 Å². The molecule has 53 valence electrons. The summed E-state index contributed by atoms with van der Waals surface area (Å²) in [5, 5.41) is 2.42. The minimum atomic E-state index is 0.656. The second-order valence-corrected chi connectivity index (χ2v) is 1.58. The van der Waals surface area contributed by atoms with Crippen LogP contribution in [0.3, 0.4) is 0 Å². The van der Waals surface area contributed by atoms with Gasteiger partial charge in [0.2, 0.25) is 0 Å². The predicted molar refractivity (Wildman–Crippen MR) is 34.8 cm³/mol. The Labute approximate surface area is 55.4 Å². The van der Waals surface area contributed by atoms with Gasteiger partial charge < -0.3 is 10.1 Å². The summed E-state index contributed by atoms with van der Waals surface area (Å²) in [5.74, 6) is 0. The van der Waals surface area contributed by atoms with E-state index >= 15 is 0 Å². The lowest BCUT2D eigenvalue weighted by molar-refractivity contribution is 0.145. The first-order valence-corrected chi connectivity index (χ1v) is 3.09. The van der Waals surface area contributed by atoms with Gasteiger partial charge in [0.15, 0.2) is 0 Å². The molecule has 0 saturated carbocycles. The Balaban J connectivity index is 2.66. The first kappa shape index (κ1) is 8.43. The summed E-state index contributed by atoms with van der Waals surface area (Å²) in [5.41, 5.74) is 0. The van der Waals surface area contributed by atoms with Crippen LogP contribution in [0.4, 0.5) is 0 Å². The Morgan fingerprint density at radius 2 is 2.44 bits per heavy atom. The van der Waals surface area contributed by atoms with Gasteiger partial charge >= 0.3 is 6.41 Å². The minimum absolute atomic E-state index is 0.656. The number of amides is 1. The largest absolute Gasteiger partial charge is 0.382 e. The fourth-order valence-electron chi connectivity index (χ4n) is 0.458. The summed E-state index contributed by atoms with van der Waals surface area (Å²) in [6.45, 7) is 4.05. The zero-order valence-corrected chi connectivity index (χ0v) is 5.64. The highest BCUT2D eigenvalue weighted by atomic mass is 16.5. The number of nitrogens with one attached hydrogen (secondary N) is 1. The third-order valence-corrected chi connectivity index (χ3v) is 0.867. The molecule has 0 aromatic carbocycles. The molecule has 0 aliphatic carbocycles. The van der Waals surface area contributed by atoms with Gasteiger partial charge in [0.25, 0.3) is 0 Å². The summed E-state index contributed by atoms with van der Waals surface area (Å²) in [7, 11) is 0. The molecule has 3 nitrogen and oxygen atoms in total. The summed E-state index contributed by atoms with van der Waals surface area (Å²) in [4.78, 5) is 9.56. The molecule has 0 fully saturated rings. The van der Waals surface area contributed by atoms with Gasteiger partial charge in [-0.1, -0.05) is 0 Å². The minimum Gasteiger partial charge on any atom is -0.382 e. The molecule has 1 N–H and O–H groups in total. The standard InChI is InChI=1S/C6H12NO2/c1-2-9-5-3-4-7-6-8/h2-5H2,1H3,(H,7,8). The quantitative estimate of drug-likeness (QED) is 0.408. The van der Waals surface area contributed by atoms with Crippen molar-refractivity contribution < 1.29 is 9.53 Å². The van der Waals surface area contributed by atoms with Crippen molar-refractivity contribution in [1.82, 2.24) is 5.32 Å². The van der Waals surface area contributed by atoms with Gasteiger partial charge in [-0.3, -0.25) is 4.79 Å². The highest BCUT2D eigenvalue weighted by molar-refractivity contribution is 5.46. The van der Waals surface area contributed by atoms with E-state index in [1.54, 1.807) is 6.41 Å². The number of hydrogen-bond acceptors (Lipinski definition) is 2. The maximum absolute atomic E-state index is 9.56. The molecule has 3 heteroatoms. The lowest BCUT2D eigenvalue weighted by Crippen LogP contribution is -2.13. The normalized spacial score (nSPS) is 9.00. The molecule has 0 saturated heterocycles. The average molecular weight is 130 g/mol. The van der Waals surface area contributed by atoms with E-state index in [-0.39, 0.29) is 0 Å². The van der Waals surface area contributed by atoms with Crippen molar-refractivity contribution in [3.8, 4) is 0 Å². The van der Waals surface area contributed by atoms with E-state index in [9.17, 15) is 4.79 Å². The number of hydrogen-bond donors (Lipinski definition) is 1. The van der Waals surface area contributed by atoms with E-state index < -0.39 is 0 Å². The molecule has 1 amide bonds. The Hall–Kier alpha value is -0.570. The highest BCUT2D eigenvalue weighted by Gasteiger charge is 1.84. The van der Waals surface area contributed by atoms with Crippen LogP contribution in [0.2, 0.25) is 0 Å². The molecule has 0 atom stereocenters. The lowest BCUT2D eigenvalue weighted by Gasteiger charge is -1.97. The molecule has 9 heavy (non-hydrogen) atoms. The zero-order valence-electron chi connectivity index (χ0n) is 5.64. The van der Waals surface area contributed by atoms with Crippen molar-refractivity contribution in [1.29, 1.82) is 0 Å². The Morgan fingerprint density at radius 3 is 3.00 bits per heavy atom. The third-order valence-electron chi connectivity index (χ3n) is 0.867. The van der Waals surface area contributed by atoms with Crippen LogP contribution in [-0.2, 0) is 9.53 Å². The van der Waals surface area contributed by atoms with E-state index in [0.717, 1.165) is 13.0 Å². The second kappa shape index (κ2) is 7.43. The van der Waals surface area contributed by atoms with Crippen LogP contribution in [0.25, 0.3) is 0 Å². The van der Waals surface area contributed by atoms with Gasteiger partial charge in [-0.25, -0.2) is 0 Å². The number of carbonyl (C=O) groups excluding carboxylic acids is 1. The third kappa shape index (κ3) is 7.43. The van der Waals surface area contributed by atoms with Crippen molar-refractivity contribution in [2.45, 2.75) is 13.3 Å². The number of ether oxygens (including phenoxy) is 1. The van der Waals surface area contributed by atoms with Gasteiger partial charge in [0.05, 0.1) is 0 Å². The van der Waals surface area contributed by atoms with Crippen molar-refractivity contribution in [3.05, 3.63) is 0 Å². The van der Waals surface area contributed by atoms with Gasteiger partial charge in [-0.15, -0.1) is 0 Å². The Morgan fingerprint density at radius 1 is 1.67 bits per heavy atom. The smallest absolute Gasteiger partial charge is 0.309 e. The van der Waals surface area contributed by atoms with Crippen LogP contribution in [0.5, 0.6) is 0 Å². The fraction of sp³-hybridized carbons (Fsp3) is 0.833. The summed E-state index contributed by atoms with van der Waals surface area (Å²) < 4.78 is 5.01. The average Bonchev–Trinajstić information content (AvgIpc) is 1.89. The fourth-order valence-corrected chi connectivity index (χ4v) is 0.458. The maximum atomic E-state index is 9.56. The van der Waals surface area contributed by atoms with Gasteiger partial charge in [0.1, 0.15) is 0 Å². The molecule has 0 aliphatic rings. The van der Waals surface area contributed by atoms with Crippen molar-refractivity contribution in [2.24, 2.45) is 0 Å². The molecule has 0 bridgehead atoms. The second-order valence-electron chi connectivity index (χ2n) is 1.58. The van der Waals surface area contributed by atoms with Crippen LogP contribution < -0.4 is 5.32 Å². The number of rotatable bonds is 6. The van der Waals surface area contributed by atoms with Crippen LogP contribution in [0.15, 0.2) is 0 Å². The molecule has 0 spiro atoms. The molecule has 0 heterocycles. The molecular weight excluding hydrogens is 118 g/mol. The van der Waals surface area contributed by atoms with Crippen molar-refractivity contribution in [3.63, 3.8) is 0 Å². The Bertz CT molecular complexity index is 66.1. The Kier molecular flexibility index (Phi) is 6.96. The summed E-state index contributed by atoms with van der Waals surface area (Å²) >= 11 is 0. The van der Waals surface area contributed by atoms with Gasteiger partial charge in [-0.2, -0.15) is 0 Å². The first-order valence-electron chi connectivity index (χ1n) is 3.09. The van der Waals surface area contributed by atoms with Crippen LogP contribution >= 0.6 is 0 Å². The van der Waals surface area contributed by atoms with Crippen molar-refractivity contribution >= 4 is 6.41 Å². The SMILES string of the molecule is CCOCCCN[C]=O. The zero-order chi connectivity index (χ0) is 6.95. The van der Waals surface area contributed by atoms with Crippen LogP contribution in [0.1, 0.15) is 13.3 Å². The van der Waals surface area contributed by atoms with Gasteiger partial charge in [0, 0.05) is 19.8 Å². The molecule has 0 aromatic heterocycles. The maximum Gasteiger partial charge on any atom is 0.309 e. The first-order chi connectivity index (χ1) is 4.41. The van der Waals surface area contributed by atoms with E-state index in [4.69, 9.17) is 4.74 Å². The van der Waals surface area contributed by atoms with Gasteiger partial charge in [-0.05, 0) is 13.3 Å². The van der Waals surface area contributed by atoms with Crippen LogP contribution in [0, 0.1) is 0 Å². The monoisotopic (exact) mass is 130 g/mol. The van der Waals surface area contributed by atoms with Crippen LogP contribution in [-0.4, -0.2) is 26.2 Å². The molecule has 0 unspecified atom stereocenters. The molecular formula is C6H12NO2. The molecule has 0 aliphatic heterocycles. The van der Waals surface area contributed by atoms with E-state index in [1.165, 1.54) is 0 Å². The lowest BCUT2D eigenvalue weighted by atomic mass is 10.4. The van der Waals surface area contributed by atoms with E-state index in [2.05, 4.69) is 5.32 Å².